The minimum absolute atomic E-state index is 0.364. The number of aromatic nitrogens is 1. The van der Waals surface area contributed by atoms with Crippen LogP contribution in [0, 0.1) is 0 Å². The normalized spacial score (nSPS) is 19.6. The summed E-state index contributed by atoms with van der Waals surface area (Å²) in [6.45, 7) is 1.81. The van der Waals surface area contributed by atoms with Crippen molar-refractivity contribution in [3.8, 4) is 0 Å². The van der Waals surface area contributed by atoms with Crippen molar-refractivity contribution in [1.82, 2.24) is 9.79 Å². The van der Waals surface area contributed by atoms with Gasteiger partial charge >= 0.3 is 0 Å². The van der Waals surface area contributed by atoms with Crippen LogP contribution in [0.1, 0.15) is 6.42 Å². The topological polar surface area (TPSA) is 62.5 Å². The monoisotopic (exact) mass is 231 g/mol. The molecule has 0 spiro atoms. The first kappa shape index (κ1) is 11.9. The average Bonchev–Trinajstić information content (AvgIpc) is 2.78. The Hall–Kier alpha value is -1.56. The molecular formula is C11H16BN4O. The molecule has 0 amide bonds. The maximum Gasteiger partial charge on any atom is 0.293 e. The van der Waals surface area contributed by atoms with Crippen LogP contribution in [0.3, 0.4) is 0 Å². The molecule has 1 aliphatic heterocycles. The van der Waals surface area contributed by atoms with Gasteiger partial charge in [0.25, 0.3) is 7.41 Å². The number of pyridine rings is 1. The second kappa shape index (κ2) is 5.18. The van der Waals surface area contributed by atoms with Gasteiger partial charge in [0.05, 0.1) is 6.19 Å². The molecule has 1 aromatic heterocycles. The summed E-state index contributed by atoms with van der Waals surface area (Å²) in [6.07, 6.45) is 1.85. The van der Waals surface area contributed by atoms with E-state index < -0.39 is 0 Å². The van der Waals surface area contributed by atoms with Gasteiger partial charge in [-0.25, -0.2) is 4.98 Å². The third kappa shape index (κ3) is 2.76. The van der Waals surface area contributed by atoms with Crippen molar-refractivity contribution in [3.63, 3.8) is 0 Å². The Morgan fingerprint density at radius 1 is 1.65 bits per heavy atom. The van der Waals surface area contributed by atoms with Crippen molar-refractivity contribution in [2.45, 2.75) is 12.5 Å². The molecule has 1 saturated heterocycles. The quantitative estimate of drug-likeness (QED) is 0.583. The Bertz CT molecular complexity index is 401. The largest absolute Gasteiger partial charge is 0.384 e. The van der Waals surface area contributed by atoms with Crippen molar-refractivity contribution in [3.05, 3.63) is 18.2 Å². The van der Waals surface area contributed by atoms with Gasteiger partial charge in [-0.2, -0.15) is 0 Å². The molecule has 2 N–H and O–H groups in total. The first-order valence-electron chi connectivity index (χ1n) is 5.69. The number of hydrogen-bond donors (Lipinski definition) is 1. The lowest BCUT2D eigenvalue weighted by Gasteiger charge is -2.22. The summed E-state index contributed by atoms with van der Waals surface area (Å²) >= 11 is 0. The third-order valence-electron chi connectivity index (χ3n) is 3.12. The van der Waals surface area contributed by atoms with E-state index in [9.17, 15) is 4.79 Å². The van der Waals surface area contributed by atoms with Crippen LogP contribution in [-0.4, -0.2) is 49.6 Å². The zero-order valence-corrected chi connectivity index (χ0v) is 9.91. The van der Waals surface area contributed by atoms with Crippen LogP contribution < -0.4 is 10.6 Å². The smallest absolute Gasteiger partial charge is 0.293 e. The summed E-state index contributed by atoms with van der Waals surface area (Å²) in [5.41, 5.74) is 5.67. The molecule has 0 saturated carbocycles. The zero-order chi connectivity index (χ0) is 12.3. The number of hydrogen-bond acceptors (Lipinski definition) is 5. The molecule has 89 valence electrons. The highest BCUT2D eigenvalue weighted by molar-refractivity contribution is 6.64. The lowest BCUT2D eigenvalue weighted by atomic mass is 9.93. The Kier molecular flexibility index (Phi) is 3.63. The van der Waals surface area contributed by atoms with Crippen molar-refractivity contribution in [2.75, 3.05) is 30.8 Å². The molecule has 0 aliphatic carbocycles. The van der Waals surface area contributed by atoms with Gasteiger partial charge in [0.15, 0.2) is 0 Å². The highest BCUT2D eigenvalue weighted by Gasteiger charge is 2.26. The number of nitrogens with two attached hydrogens (primary N) is 1. The number of likely N-dealkylation sites (N-methyl/N-ethyl adjacent to an activating group) is 1. The molecule has 1 fully saturated rings. The van der Waals surface area contributed by atoms with Crippen molar-refractivity contribution in [2.24, 2.45) is 0 Å². The van der Waals surface area contributed by atoms with E-state index in [1.54, 1.807) is 13.5 Å². The number of carbonyl (C=O) groups is 1. The van der Waals surface area contributed by atoms with E-state index in [0.29, 0.717) is 11.9 Å². The predicted molar refractivity (Wildman–Crippen MR) is 69.5 cm³/mol. The van der Waals surface area contributed by atoms with Gasteiger partial charge in [-0.05, 0) is 25.6 Å². The number of nitrogens with zero attached hydrogens (tertiary/aromatic N) is 3. The number of nitrogen functional groups attached to an aromatic ring is 1. The van der Waals surface area contributed by atoms with E-state index in [1.807, 2.05) is 24.0 Å². The Labute approximate surface area is 102 Å². The van der Waals surface area contributed by atoms with Crippen LogP contribution in [0.15, 0.2) is 18.2 Å². The maximum atomic E-state index is 10.4. The van der Waals surface area contributed by atoms with E-state index in [4.69, 9.17) is 5.73 Å². The lowest BCUT2D eigenvalue weighted by Crippen LogP contribution is -2.37. The molecule has 1 atom stereocenters. The van der Waals surface area contributed by atoms with Crippen molar-refractivity contribution >= 4 is 25.2 Å². The maximum absolute atomic E-state index is 10.4. The van der Waals surface area contributed by atoms with E-state index in [0.717, 1.165) is 31.5 Å². The fraction of sp³-hybridized carbons (Fsp3) is 0.455. The van der Waals surface area contributed by atoms with Gasteiger partial charge in [0.2, 0.25) is 0 Å². The molecule has 0 unspecified atom stereocenters. The van der Waals surface area contributed by atoms with Gasteiger partial charge in [0.1, 0.15) is 11.6 Å². The molecule has 1 radical (unpaired) electrons. The van der Waals surface area contributed by atoms with Crippen LogP contribution in [0.4, 0.5) is 11.6 Å². The van der Waals surface area contributed by atoms with Gasteiger partial charge in [-0.3, -0.25) is 0 Å². The van der Waals surface area contributed by atoms with Crippen LogP contribution in [0.25, 0.3) is 0 Å². The van der Waals surface area contributed by atoms with E-state index in [1.165, 1.54) is 0 Å². The zero-order valence-electron chi connectivity index (χ0n) is 9.91. The van der Waals surface area contributed by atoms with Gasteiger partial charge in [0, 0.05) is 19.1 Å². The molecule has 17 heavy (non-hydrogen) atoms. The summed E-state index contributed by atoms with van der Waals surface area (Å²) in [7, 11) is 3.50. The molecular weight excluding hydrogens is 215 g/mol. The van der Waals surface area contributed by atoms with E-state index in [2.05, 4.69) is 9.88 Å². The molecule has 6 heteroatoms. The molecule has 1 aromatic rings. The number of rotatable bonds is 4. The summed E-state index contributed by atoms with van der Waals surface area (Å²) < 4.78 is 0. The first-order chi connectivity index (χ1) is 8.20. The second-order valence-electron chi connectivity index (χ2n) is 4.26. The Balaban J connectivity index is 2.00. The van der Waals surface area contributed by atoms with Crippen LogP contribution in [0.5, 0.6) is 0 Å². The van der Waals surface area contributed by atoms with Crippen LogP contribution in [0.2, 0.25) is 0 Å². The minimum Gasteiger partial charge on any atom is -0.384 e. The fourth-order valence-corrected chi connectivity index (χ4v) is 2.12. The summed E-state index contributed by atoms with van der Waals surface area (Å²) in [6, 6.07) is 6.01. The first-order valence-corrected chi connectivity index (χ1v) is 5.69. The van der Waals surface area contributed by atoms with Crippen LogP contribution in [-0.2, 0) is 4.79 Å². The summed E-state index contributed by atoms with van der Waals surface area (Å²) in [5, 5.41) is 0. The standard InChI is InChI=1S/C11H16BN4O/c1-15(12-8-17)9-5-6-16(7-9)11-4-2-3-10(13)14-11/h2-4,8-9H,5-7H2,1H3,(H2,13,14)/t9-/m0/s1. The highest BCUT2D eigenvalue weighted by Crippen LogP contribution is 2.20. The molecule has 1 aliphatic rings. The number of carbonyl (C=O) groups excluding carboxylic acids is 1. The fourth-order valence-electron chi connectivity index (χ4n) is 2.12. The SMILES string of the molecule is CN([B]C=O)[C@H]1CCN(c2cccc(N)n2)C1. The van der Waals surface area contributed by atoms with E-state index in [-0.39, 0.29) is 0 Å². The molecule has 0 bridgehead atoms. The van der Waals surface area contributed by atoms with Crippen molar-refractivity contribution < 1.29 is 4.79 Å². The third-order valence-corrected chi connectivity index (χ3v) is 3.12. The summed E-state index contributed by atoms with van der Waals surface area (Å²) in [4.78, 5) is 18.9. The van der Waals surface area contributed by atoms with Crippen LogP contribution >= 0.6 is 0 Å². The Morgan fingerprint density at radius 3 is 3.18 bits per heavy atom. The van der Waals surface area contributed by atoms with Gasteiger partial charge < -0.3 is 20.2 Å². The van der Waals surface area contributed by atoms with Gasteiger partial charge in [-0.1, -0.05) is 6.07 Å². The molecule has 5 nitrogen and oxygen atoms in total. The predicted octanol–water partition coefficient (Wildman–Crippen LogP) is -0.0163. The van der Waals surface area contributed by atoms with Gasteiger partial charge in [-0.15, -0.1) is 0 Å². The van der Waals surface area contributed by atoms with E-state index >= 15 is 0 Å². The highest BCUT2D eigenvalue weighted by atomic mass is 16.1. The Morgan fingerprint density at radius 2 is 2.47 bits per heavy atom. The number of anilines is 2. The average molecular weight is 231 g/mol. The molecule has 2 heterocycles. The van der Waals surface area contributed by atoms with Crippen molar-refractivity contribution in [1.29, 1.82) is 0 Å². The molecule has 2 rings (SSSR count). The molecule has 0 aromatic carbocycles. The lowest BCUT2D eigenvalue weighted by molar-refractivity contribution is 0.417. The second-order valence-corrected chi connectivity index (χ2v) is 4.26. The summed E-state index contributed by atoms with van der Waals surface area (Å²) in [5.74, 6) is 1.45. The minimum atomic E-state index is 0.364.